The molecule has 5 heteroatoms. The maximum Gasteiger partial charge on any atom is 0.305 e. The zero-order valence-corrected chi connectivity index (χ0v) is 11.0. The Hall–Kier alpha value is -1.36. The molecule has 1 unspecified atom stereocenters. The SMILES string of the molecule is CC(C)C(C)(CC(=O)O)NC(=O)c1cccs1. The predicted octanol–water partition coefficient (Wildman–Crippen LogP) is 2.37. The summed E-state index contributed by atoms with van der Waals surface area (Å²) >= 11 is 1.34. The number of rotatable bonds is 5. The zero-order chi connectivity index (χ0) is 13.1. The van der Waals surface area contributed by atoms with Crippen molar-refractivity contribution >= 4 is 23.2 Å². The van der Waals surface area contributed by atoms with Gasteiger partial charge in [0.05, 0.1) is 16.8 Å². The van der Waals surface area contributed by atoms with Crippen molar-refractivity contribution in [1.82, 2.24) is 5.32 Å². The van der Waals surface area contributed by atoms with E-state index in [4.69, 9.17) is 5.11 Å². The van der Waals surface area contributed by atoms with Crippen LogP contribution in [-0.2, 0) is 4.79 Å². The van der Waals surface area contributed by atoms with Gasteiger partial charge in [-0.3, -0.25) is 9.59 Å². The summed E-state index contributed by atoms with van der Waals surface area (Å²) in [4.78, 5) is 23.4. The third kappa shape index (κ3) is 3.56. The topological polar surface area (TPSA) is 66.4 Å². The summed E-state index contributed by atoms with van der Waals surface area (Å²) in [5, 5.41) is 13.5. The molecule has 1 atom stereocenters. The highest BCUT2D eigenvalue weighted by atomic mass is 32.1. The van der Waals surface area contributed by atoms with Crippen molar-refractivity contribution in [2.45, 2.75) is 32.7 Å². The van der Waals surface area contributed by atoms with Crippen LogP contribution in [0, 0.1) is 5.92 Å². The van der Waals surface area contributed by atoms with Gasteiger partial charge in [0.2, 0.25) is 0 Å². The van der Waals surface area contributed by atoms with Gasteiger partial charge < -0.3 is 10.4 Å². The molecule has 1 amide bonds. The van der Waals surface area contributed by atoms with Gasteiger partial charge in [0.15, 0.2) is 0 Å². The summed E-state index contributed by atoms with van der Waals surface area (Å²) < 4.78 is 0. The van der Waals surface area contributed by atoms with Gasteiger partial charge >= 0.3 is 5.97 Å². The van der Waals surface area contributed by atoms with Crippen molar-refractivity contribution in [3.05, 3.63) is 22.4 Å². The van der Waals surface area contributed by atoms with Crippen LogP contribution >= 0.6 is 11.3 Å². The number of carbonyl (C=O) groups is 2. The molecule has 1 aromatic rings. The molecular formula is C12H17NO3S. The Morgan fingerprint density at radius 3 is 2.59 bits per heavy atom. The molecule has 0 aliphatic carbocycles. The van der Waals surface area contributed by atoms with E-state index >= 15 is 0 Å². The molecule has 2 N–H and O–H groups in total. The van der Waals surface area contributed by atoms with Crippen molar-refractivity contribution in [2.24, 2.45) is 5.92 Å². The smallest absolute Gasteiger partial charge is 0.305 e. The maximum atomic E-state index is 11.9. The predicted molar refractivity (Wildman–Crippen MR) is 67.3 cm³/mol. The van der Waals surface area contributed by atoms with Gasteiger partial charge in [-0.15, -0.1) is 11.3 Å². The van der Waals surface area contributed by atoms with E-state index in [2.05, 4.69) is 5.32 Å². The molecule has 0 saturated carbocycles. The normalized spacial score (nSPS) is 14.4. The molecule has 0 bridgehead atoms. The summed E-state index contributed by atoms with van der Waals surface area (Å²) in [7, 11) is 0. The minimum absolute atomic E-state index is 0.0440. The van der Waals surface area contributed by atoms with Crippen LogP contribution < -0.4 is 5.32 Å². The second-order valence-electron chi connectivity index (χ2n) is 4.57. The van der Waals surface area contributed by atoms with E-state index in [9.17, 15) is 9.59 Å². The van der Waals surface area contributed by atoms with E-state index in [0.29, 0.717) is 4.88 Å². The Morgan fingerprint density at radius 2 is 2.18 bits per heavy atom. The first kappa shape index (κ1) is 13.7. The molecular weight excluding hydrogens is 238 g/mol. The number of carbonyl (C=O) groups excluding carboxylic acids is 1. The molecule has 17 heavy (non-hydrogen) atoms. The van der Waals surface area contributed by atoms with Gasteiger partial charge in [-0.1, -0.05) is 19.9 Å². The number of carboxylic acids is 1. The Balaban J connectivity index is 2.80. The van der Waals surface area contributed by atoms with E-state index in [-0.39, 0.29) is 18.2 Å². The highest BCUT2D eigenvalue weighted by Gasteiger charge is 2.33. The molecule has 0 radical (unpaired) electrons. The third-order valence-electron chi connectivity index (χ3n) is 2.94. The number of thiophene rings is 1. The number of hydrogen-bond donors (Lipinski definition) is 2. The summed E-state index contributed by atoms with van der Waals surface area (Å²) in [6.07, 6.45) is -0.0816. The van der Waals surface area contributed by atoms with E-state index in [1.54, 1.807) is 19.1 Å². The van der Waals surface area contributed by atoms with Crippen LogP contribution in [0.25, 0.3) is 0 Å². The second kappa shape index (κ2) is 5.31. The molecule has 1 heterocycles. The first-order valence-electron chi connectivity index (χ1n) is 5.43. The molecule has 0 aliphatic heterocycles. The van der Waals surface area contributed by atoms with Crippen LogP contribution in [-0.4, -0.2) is 22.5 Å². The minimum atomic E-state index is -0.910. The van der Waals surface area contributed by atoms with Gasteiger partial charge in [0.25, 0.3) is 5.91 Å². The molecule has 94 valence electrons. The Kier molecular flexibility index (Phi) is 4.28. The quantitative estimate of drug-likeness (QED) is 0.848. The van der Waals surface area contributed by atoms with E-state index in [1.807, 2.05) is 19.2 Å². The Labute approximate surface area is 105 Å². The molecule has 1 aromatic heterocycles. The van der Waals surface area contributed by atoms with Crippen molar-refractivity contribution in [3.63, 3.8) is 0 Å². The van der Waals surface area contributed by atoms with Crippen molar-refractivity contribution in [2.75, 3.05) is 0 Å². The van der Waals surface area contributed by atoms with Crippen molar-refractivity contribution in [3.8, 4) is 0 Å². The van der Waals surface area contributed by atoms with Gasteiger partial charge in [-0.2, -0.15) is 0 Å². The van der Waals surface area contributed by atoms with Gasteiger partial charge in [-0.05, 0) is 24.3 Å². The molecule has 4 nitrogen and oxygen atoms in total. The lowest BCUT2D eigenvalue weighted by molar-refractivity contribution is -0.138. The molecule has 1 rings (SSSR count). The lowest BCUT2D eigenvalue weighted by Gasteiger charge is -2.33. The molecule has 0 spiro atoms. The number of hydrogen-bond acceptors (Lipinski definition) is 3. The van der Waals surface area contributed by atoms with Crippen LogP contribution in [0.2, 0.25) is 0 Å². The number of aliphatic carboxylic acids is 1. The summed E-state index contributed by atoms with van der Waals surface area (Å²) in [5.41, 5.74) is -0.729. The van der Waals surface area contributed by atoms with Crippen molar-refractivity contribution < 1.29 is 14.7 Å². The highest BCUT2D eigenvalue weighted by Crippen LogP contribution is 2.22. The summed E-state index contributed by atoms with van der Waals surface area (Å²) in [5.74, 6) is -1.08. The van der Waals surface area contributed by atoms with E-state index < -0.39 is 11.5 Å². The fourth-order valence-electron chi connectivity index (χ4n) is 1.44. The average Bonchev–Trinajstić information content (AvgIpc) is 2.68. The maximum absolute atomic E-state index is 11.9. The summed E-state index contributed by atoms with van der Waals surface area (Å²) in [6.45, 7) is 5.56. The standard InChI is InChI=1S/C12H17NO3S/c1-8(2)12(3,7-10(14)15)13-11(16)9-5-4-6-17-9/h4-6,8H,7H2,1-3H3,(H,13,16)(H,14,15). The first-order chi connectivity index (χ1) is 7.85. The lowest BCUT2D eigenvalue weighted by atomic mass is 9.85. The van der Waals surface area contributed by atoms with E-state index in [1.165, 1.54) is 11.3 Å². The number of carboxylic acid groups (broad SMARTS) is 1. The van der Waals surface area contributed by atoms with Gasteiger partial charge in [0, 0.05) is 0 Å². The van der Waals surface area contributed by atoms with Crippen LogP contribution in [0.15, 0.2) is 17.5 Å². The Morgan fingerprint density at radius 1 is 1.53 bits per heavy atom. The van der Waals surface area contributed by atoms with E-state index in [0.717, 1.165) is 0 Å². The average molecular weight is 255 g/mol. The fourth-order valence-corrected chi connectivity index (χ4v) is 2.05. The monoisotopic (exact) mass is 255 g/mol. The minimum Gasteiger partial charge on any atom is -0.481 e. The second-order valence-corrected chi connectivity index (χ2v) is 5.52. The molecule has 0 fully saturated rings. The van der Waals surface area contributed by atoms with Gasteiger partial charge in [-0.25, -0.2) is 0 Å². The van der Waals surface area contributed by atoms with Crippen LogP contribution in [0.1, 0.15) is 36.9 Å². The lowest BCUT2D eigenvalue weighted by Crippen LogP contribution is -2.51. The molecule has 0 aromatic carbocycles. The van der Waals surface area contributed by atoms with Gasteiger partial charge in [0.1, 0.15) is 0 Å². The van der Waals surface area contributed by atoms with Crippen molar-refractivity contribution in [1.29, 1.82) is 0 Å². The molecule has 0 aliphatic rings. The number of amides is 1. The number of nitrogens with one attached hydrogen (secondary N) is 1. The first-order valence-corrected chi connectivity index (χ1v) is 6.31. The van der Waals surface area contributed by atoms with Crippen LogP contribution in [0.3, 0.4) is 0 Å². The fraction of sp³-hybridized carbons (Fsp3) is 0.500. The summed E-state index contributed by atoms with van der Waals surface area (Å²) in [6, 6.07) is 3.52. The zero-order valence-electron chi connectivity index (χ0n) is 10.2. The molecule has 0 saturated heterocycles. The largest absolute Gasteiger partial charge is 0.481 e. The Bertz CT molecular complexity index is 400. The highest BCUT2D eigenvalue weighted by molar-refractivity contribution is 7.12. The van der Waals surface area contributed by atoms with Crippen LogP contribution in [0.5, 0.6) is 0 Å². The third-order valence-corrected chi connectivity index (χ3v) is 3.81. The van der Waals surface area contributed by atoms with Crippen LogP contribution in [0.4, 0.5) is 0 Å².